The number of nitrogens with zero attached hydrogens (tertiary/aromatic N) is 3. The number of aromatic nitrogens is 1. The van der Waals surface area contributed by atoms with Gasteiger partial charge in [-0.15, -0.1) is 0 Å². The molecule has 1 aliphatic heterocycles. The standard InChI is InChI=1S/C23H19N5O2/c24-15-23(29,17-6-2-1-3-7-17)18-8-10-19(11-9-18)27-22(25)21-13-20(28-30-21)16-5-4-12-26-14-16/h1-14,21,28-29H,(H2,25,27). The maximum absolute atomic E-state index is 10.9. The number of benzene rings is 2. The lowest BCUT2D eigenvalue weighted by Crippen LogP contribution is -2.29. The van der Waals surface area contributed by atoms with Gasteiger partial charge in [0, 0.05) is 29.1 Å². The molecule has 0 saturated carbocycles. The Kier molecular flexibility index (Phi) is 5.26. The molecule has 3 aromatic rings. The van der Waals surface area contributed by atoms with Crippen molar-refractivity contribution in [1.82, 2.24) is 10.5 Å². The van der Waals surface area contributed by atoms with Crippen molar-refractivity contribution in [3.63, 3.8) is 0 Å². The van der Waals surface area contributed by atoms with Crippen LogP contribution in [0.3, 0.4) is 0 Å². The summed E-state index contributed by atoms with van der Waals surface area (Å²) in [5.74, 6) is 0.271. The number of hydrogen-bond donors (Lipinski definition) is 3. The topological polar surface area (TPSA) is 117 Å². The van der Waals surface area contributed by atoms with Crippen LogP contribution >= 0.6 is 0 Å². The molecule has 0 spiro atoms. The van der Waals surface area contributed by atoms with E-state index in [0.29, 0.717) is 16.8 Å². The molecule has 0 amide bonds. The van der Waals surface area contributed by atoms with Gasteiger partial charge < -0.3 is 10.8 Å². The fourth-order valence-electron chi connectivity index (χ4n) is 3.13. The molecule has 7 heteroatoms. The summed E-state index contributed by atoms with van der Waals surface area (Å²) in [6.07, 6.45) is 4.72. The second-order valence-electron chi connectivity index (χ2n) is 6.73. The predicted molar refractivity (Wildman–Crippen MR) is 113 cm³/mol. The Hall–Kier alpha value is -3.99. The van der Waals surface area contributed by atoms with Gasteiger partial charge in [0.15, 0.2) is 6.10 Å². The quantitative estimate of drug-likeness (QED) is 0.346. The van der Waals surface area contributed by atoms with E-state index in [1.807, 2.05) is 30.3 Å². The number of pyridine rings is 1. The van der Waals surface area contributed by atoms with E-state index in [9.17, 15) is 10.4 Å². The Morgan fingerprint density at radius 3 is 2.50 bits per heavy atom. The molecule has 0 saturated heterocycles. The molecule has 0 bridgehead atoms. The number of amidine groups is 1. The van der Waals surface area contributed by atoms with Crippen molar-refractivity contribution in [3.8, 4) is 6.07 Å². The molecule has 2 aromatic carbocycles. The van der Waals surface area contributed by atoms with Crippen molar-refractivity contribution in [2.45, 2.75) is 11.7 Å². The minimum atomic E-state index is -1.74. The van der Waals surface area contributed by atoms with Crippen molar-refractivity contribution in [2.75, 3.05) is 0 Å². The van der Waals surface area contributed by atoms with Gasteiger partial charge in [0.2, 0.25) is 5.60 Å². The zero-order chi connectivity index (χ0) is 21.0. The molecule has 1 aromatic heterocycles. The highest BCUT2D eigenvalue weighted by molar-refractivity contribution is 5.91. The average molecular weight is 397 g/mol. The van der Waals surface area contributed by atoms with Gasteiger partial charge in [0.25, 0.3) is 0 Å². The summed E-state index contributed by atoms with van der Waals surface area (Å²) < 4.78 is 0. The third kappa shape index (κ3) is 3.78. The number of aliphatic hydroxyl groups is 1. The van der Waals surface area contributed by atoms with Crippen LogP contribution in [0, 0.1) is 11.3 Å². The molecule has 148 valence electrons. The number of nitrogens with one attached hydrogen (secondary N) is 1. The van der Waals surface area contributed by atoms with Crippen LogP contribution in [-0.2, 0) is 10.4 Å². The molecule has 4 N–H and O–H groups in total. The first-order valence-electron chi connectivity index (χ1n) is 9.28. The first kappa shape index (κ1) is 19.3. The first-order chi connectivity index (χ1) is 14.6. The van der Waals surface area contributed by atoms with Crippen LogP contribution in [0.1, 0.15) is 16.7 Å². The maximum Gasteiger partial charge on any atom is 0.202 e. The highest BCUT2D eigenvalue weighted by Crippen LogP contribution is 2.30. The normalized spacial score (nSPS) is 18.1. The number of aliphatic imine (C=N–C) groups is 1. The molecule has 0 radical (unpaired) electrons. The van der Waals surface area contributed by atoms with Gasteiger partial charge in [0.1, 0.15) is 11.9 Å². The van der Waals surface area contributed by atoms with Gasteiger partial charge in [-0.25, -0.2) is 4.99 Å². The van der Waals surface area contributed by atoms with Gasteiger partial charge >= 0.3 is 0 Å². The van der Waals surface area contributed by atoms with Crippen molar-refractivity contribution >= 4 is 17.2 Å². The SMILES string of the molecule is N#CC(O)(c1ccccc1)c1ccc(N=C(N)C2C=C(c3cccnc3)NO2)cc1. The molecule has 2 heterocycles. The molecule has 1 aliphatic rings. The van der Waals surface area contributed by atoms with Crippen LogP contribution < -0.4 is 11.2 Å². The summed E-state index contributed by atoms with van der Waals surface area (Å²) in [6.45, 7) is 0. The van der Waals surface area contributed by atoms with Crippen LogP contribution in [0.25, 0.3) is 5.70 Å². The minimum absolute atomic E-state index is 0.271. The lowest BCUT2D eigenvalue weighted by molar-refractivity contribution is 0.0880. The zero-order valence-corrected chi connectivity index (χ0v) is 15.9. The Labute approximate surface area is 173 Å². The van der Waals surface area contributed by atoms with Crippen LogP contribution in [0.4, 0.5) is 5.69 Å². The monoisotopic (exact) mass is 397 g/mol. The van der Waals surface area contributed by atoms with Crippen LogP contribution in [-0.4, -0.2) is 22.0 Å². The molecular weight excluding hydrogens is 378 g/mol. The Morgan fingerprint density at radius 2 is 1.83 bits per heavy atom. The molecule has 4 rings (SSSR count). The molecule has 2 atom stereocenters. The number of rotatable bonds is 5. The smallest absolute Gasteiger partial charge is 0.202 e. The molecular formula is C23H19N5O2. The summed E-state index contributed by atoms with van der Waals surface area (Å²) in [5.41, 5.74) is 10.4. The van der Waals surface area contributed by atoms with E-state index >= 15 is 0 Å². The van der Waals surface area contributed by atoms with E-state index in [1.165, 1.54) is 0 Å². The van der Waals surface area contributed by atoms with E-state index < -0.39 is 11.7 Å². The van der Waals surface area contributed by atoms with Gasteiger partial charge in [0.05, 0.1) is 11.4 Å². The van der Waals surface area contributed by atoms with E-state index in [4.69, 9.17) is 10.6 Å². The van der Waals surface area contributed by atoms with Crippen molar-refractivity contribution in [3.05, 3.63) is 102 Å². The van der Waals surface area contributed by atoms with Crippen LogP contribution in [0.15, 0.2) is 90.2 Å². The van der Waals surface area contributed by atoms with E-state index in [0.717, 1.165) is 11.3 Å². The molecule has 2 unspecified atom stereocenters. The van der Waals surface area contributed by atoms with Crippen molar-refractivity contribution < 1.29 is 9.94 Å². The third-order valence-electron chi connectivity index (χ3n) is 4.77. The highest BCUT2D eigenvalue weighted by Gasteiger charge is 2.31. The summed E-state index contributed by atoms with van der Waals surface area (Å²) in [5, 5.41) is 20.5. The molecule has 7 nitrogen and oxygen atoms in total. The Morgan fingerprint density at radius 1 is 1.10 bits per heavy atom. The maximum atomic E-state index is 10.9. The van der Waals surface area contributed by atoms with E-state index in [-0.39, 0.29) is 5.84 Å². The minimum Gasteiger partial charge on any atom is -0.385 e. The lowest BCUT2D eigenvalue weighted by Gasteiger charge is -2.21. The second kappa shape index (κ2) is 8.17. The molecule has 0 fully saturated rings. The lowest BCUT2D eigenvalue weighted by atomic mass is 9.88. The van der Waals surface area contributed by atoms with Gasteiger partial charge in [-0.1, -0.05) is 42.5 Å². The molecule has 30 heavy (non-hydrogen) atoms. The van der Waals surface area contributed by atoms with E-state index in [1.54, 1.807) is 60.9 Å². The van der Waals surface area contributed by atoms with Gasteiger partial charge in [-0.05, 0) is 30.3 Å². The summed E-state index contributed by atoms with van der Waals surface area (Å²) in [7, 11) is 0. The predicted octanol–water partition coefficient (Wildman–Crippen LogP) is 2.77. The second-order valence-corrected chi connectivity index (χ2v) is 6.73. The Balaban J connectivity index is 1.54. The zero-order valence-electron chi connectivity index (χ0n) is 15.9. The number of nitriles is 1. The third-order valence-corrected chi connectivity index (χ3v) is 4.77. The van der Waals surface area contributed by atoms with Crippen molar-refractivity contribution in [2.24, 2.45) is 10.7 Å². The number of hydroxylamine groups is 1. The van der Waals surface area contributed by atoms with Crippen LogP contribution in [0.5, 0.6) is 0 Å². The number of hydrogen-bond acceptors (Lipinski definition) is 6. The average Bonchev–Trinajstić information content (AvgIpc) is 3.31. The first-order valence-corrected chi connectivity index (χ1v) is 9.28. The summed E-state index contributed by atoms with van der Waals surface area (Å²) in [4.78, 5) is 14.0. The fraction of sp³-hybridized carbons (Fsp3) is 0.0870. The van der Waals surface area contributed by atoms with Gasteiger partial charge in [-0.3, -0.25) is 15.3 Å². The van der Waals surface area contributed by atoms with E-state index in [2.05, 4.69) is 15.5 Å². The van der Waals surface area contributed by atoms with Crippen LogP contribution in [0.2, 0.25) is 0 Å². The summed E-state index contributed by atoms with van der Waals surface area (Å²) >= 11 is 0. The highest BCUT2D eigenvalue weighted by atomic mass is 16.7. The number of nitrogens with two attached hydrogens (primary N) is 1. The van der Waals surface area contributed by atoms with Gasteiger partial charge in [-0.2, -0.15) is 5.26 Å². The largest absolute Gasteiger partial charge is 0.385 e. The Bertz CT molecular complexity index is 1120. The summed E-state index contributed by atoms with van der Waals surface area (Å²) in [6, 6.07) is 21.3. The fourth-order valence-corrected chi connectivity index (χ4v) is 3.13. The molecule has 0 aliphatic carbocycles. The van der Waals surface area contributed by atoms with Crippen molar-refractivity contribution in [1.29, 1.82) is 5.26 Å².